The smallest absolute Gasteiger partial charge is 0.325 e. The maximum atomic E-state index is 13.7. The summed E-state index contributed by atoms with van der Waals surface area (Å²) in [6.07, 6.45) is 11.5. The van der Waals surface area contributed by atoms with Gasteiger partial charge in [0.25, 0.3) is 0 Å². The Hall–Kier alpha value is -3.22. The number of amides is 3. The van der Waals surface area contributed by atoms with Crippen molar-refractivity contribution in [3.8, 4) is 11.5 Å². The number of likely N-dealkylation sites (tertiary alicyclic amines) is 1. The summed E-state index contributed by atoms with van der Waals surface area (Å²) < 4.78 is 11.2. The molecule has 0 radical (unpaired) electrons. The van der Waals surface area contributed by atoms with E-state index < -0.39 is 5.54 Å². The van der Waals surface area contributed by atoms with E-state index >= 15 is 0 Å². The highest BCUT2D eigenvalue weighted by Crippen LogP contribution is 2.49. The predicted molar refractivity (Wildman–Crippen MR) is 134 cm³/mol. The first-order valence-electron chi connectivity index (χ1n) is 12.6. The van der Waals surface area contributed by atoms with Gasteiger partial charge in [-0.3, -0.25) is 9.69 Å². The molecule has 186 valence electrons. The molecule has 0 bridgehead atoms. The summed E-state index contributed by atoms with van der Waals surface area (Å²) in [7, 11) is 3.32. The molecule has 0 aromatic heterocycles. The van der Waals surface area contributed by atoms with Gasteiger partial charge < -0.3 is 19.3 Å². The van der Waals surface area contributed by atoms with E-state index in [1.807, 2.05) is 45.9 Å². The van der Waals surface area contributed by atoms with Crippen LogP contribution in [-0.2, 0) is 11.3 Å². The minimum absolute atomic E-state index is 0.0421. The predicted octanol–water partition coefficient (Wildman–Crippen LogP) is 4.60. The van der Waals surface area contributed by atoms with E-state index in [0.29, 0.717) is 26.2 Å². The van der Waals surface area contributed by atoms with Crippen molar-refractivity contribution in [2.24, 2.45) is 0 Å². The second kappa shape index (κ2) is 9.10. The second-order valence-electron chi connectivity index (χ2n) is 9.84. The highest BCUT2D eigenvalue weighted by Gasteiger charge is 2.55. The van der Waals surface area contributed by atoms with E-state index in [1.165, 1.54) is 0 Å². The number of fused-ring (bicyclic) bond motifs is 3. The quantitative estimate of drug-likeness (QED) is 0.636. The van der Waals surface area contributed by atoms with Gasteiger partial charge in [0, 0.05) is 48.5 Å². The van der Waals surface area contributed by atoms with E-state index in [4.69, 9.17) is 9.47 Å². The number of ether oxygens (including phenoxy) is 2. The van der Waals surface area contributed by atoms with Crippen LogP contribution in [0.2, 0.25) is 0 Å². The highest BCUT2D eigenvalue weighted by molar-refractivity contribution is 5.94. The lowest BCUT2D eigenvalue weighted by Crippen LogP contribution is -2.54. The molecule has 0 N–H and O–H groups in total. The monoisotopic (exact) mass is 477 g/mol. The fourth-order valence-corrected chi connectivity index (χ4v) is 6.33. The van der Waals surface area contributed by atoms with Crippen LogP contribution in [-0.4, -0.2) is 66.0 Å². The number of carbonyl (C=O) groups excluding carboxylic acids is 2. The van der Waals surface area contributed by atoms with Gasteiger partial charge in [0.05, 0.1) is 26.3 Å². The van der Waals surface area contributed by atoms with Crippen molar-refractivity contribution >= 4 is 11.9 Å². The first-order valence-corrected chi connectivity index (χ1v) is 12.6. The van der Waals surface area contributed by atoms with Crippen LogP contribution < -0.4 is 9.47 Å². The summed E-state index contributed by atoms with van der Waals surface area (Å²) in [6, 6.07) is 3.98. The number of benzene rings is 1. The average Bonchev–Trinajstić information content (AvgIpc) is 2.99. The third-order valence-corrected chi connectivity index (χ3v) is 8.08. The average molecular weight is 478 g/mol. The van der Waals surface area contributed by atoms with Gasteiger partial charge in [0.2, 0.25) is 5.91 Å². The number of nitrogens with zero attached hydrogens (tertiary/aromatic N) is 3. The largest absolute Gasteiger partial charge is 0.497 e. The van der Waals surface area contributed by atoms with Crippen molar-refractivity contribution in [1.82, 2.24) is 14.7 Å². The number of carbonyl (C=O) groups is 2. The van der Waals surface area contributed by atoms with Crippen molar-refractivity contribution < 1.29 is 19.1 Å². The summed E-state index contributed by atoms with van der Waals surface area (Å²) in [5, 5.41) is 0. The number of urea groups is 1. The fourth-order valence-electron chi connectivity index (χ4n) is 6.33. The first kappa shape index (κ1) is 23.5. The molecule has 4 aliphatic rings. The van der Waals surface area contributed by atoms with Gasteiger partial charge in [0.1, 0.15) is 11.5 Å². The molecule has 1 aromatic carbocycles. The summed E-state index contributed by atoms with van der Waals surface area (Å²) in [4.78, 5) is 32.8. The van der Waals surface area contributed by atoms with E-state index in [0.717, 1.165) is 59.6 Å². The van der Waals surface area contributed by atoms with Crippen molar-refractivity contribution in [3.63, 3.8) is 0 Å². The molecular weight excluding hydrogens is 442 g/mol. The third-order valence-electron chi connectivity index (χ3n) is 8.08. The molecule has 1 aliphatic carbocycles. The third kappa shape index (κ3) is 3.72. The van der Waals surface area contributed by atoms with Gasteiger partial charge in [-0.25, -0.2) is 4.79 Å². The van der Waals surface area contributed by atoms with E-state index in [-0.39, 0.29) is 17.9 Å². The number of hydrogen-bond acceptors (Lipinski definition) is 4. The zero-order valence-corrected chi connectivity index (χ0v) is 21.2. The zero-order chi connectivity index (χ0) is 24.7. The van der Waals surface area contributed by atoms with Gasteiger partial charge in [0.15, 0.2) is 0 Å². The molecule has 3 aliphatic heterocycles. The molecule has 0 unspecified atom stereocenters. The van der Waals surface area contributed by atoms with Gasteiger partial charge in [-0.15, -0.1) is 0 Å². The number of piperidine rings is 1. The zero-order valence-electron chi connectivity index (χ0n) is 21.2. The van der Waals surface area contributed by atoms with Crippen LogP contribution in [0.1, 0.15) is 56.6 Å². The molecule has 3 amide bonds. The number of methoxy groups -OCH3 is 2. The maximum absolute atomic E-state index is 13.7. The van der Waals surface area contributed by atoms with Gasteiger partial charge in [-0.05, 0) is 44.2 Å². The Bertz CT molecular complexity index is 1130. The van der Waals surface area contributed by atoms with Crippen LogP contribution in [0.3, 0.4) is 0 Å². The van der Waals surface area contributed by atoms with Gasteiger partial charge in [-0.1, -0.05) is 31.2 Å². The normalized spacial score (nSPS) is 22.9. The molecule has 7 heteroatoms. The van der Waals surface area contributed by atoms with E-state index in [2.05, 4.69) is 19.1 Å². The van der Waals surface area contributed by atoms with E-state index in [9.17, 15) is 9.59 Å². The number of allylic oxidation sites excluding steroid dienone is 4. The van der Waals surface area contributed by atoms with Crippen LogP contribution in [0.4, 0.5) is 4.79 Å². The Morgan fingerprint density at radius 3 is 2.57 bits per heavy atom. The lowest BCUT2D eigenvalue weighted by Gasteiger charge is -2.44. The molecule has 7 nitrogen and oxygen atoms in total. The van der Waals surface area contributed by atoms with Crippen molar-refractivity contribution in [2.45, 2.75) is 57.5 Å². The lowest BCUT2D eigenvalue weighted by molar-refractivity contribution is -0.129. The lowest BCUT2D eigenvalue weighted by atomic mass is 9.81. The molecule has 2 saturated heterocycles. The molecule has 3 heterocycles. The summed E-state index contributed by atoms with van der Waals surface area (Å²) >= 11 is 0. The van der Waals surface area contributed by atoms with Gasteiger partial charge in [-0.2, -0.15) is 0 Å². The SMILES string of the molecule is CCN1C(=O)N2Cc3cc(OC)cc(OC)c3[C@@H](C)C=C2C12CCN(C(=O)C1=CC=CCC1)CC2. The fraction of sp³-hybridized carbons (Fsp3) is 0.500. The first-order chi connectivity index (χ1) is 16.9. The molecule has 1 aromatic rings. The second-order valence-corrected chi connectivity index (χ2v) is 9.84. The Balaban J connectivity index is 1.48. The molecule has 0 saturated carbocycles. The standard InChI is InChI=1S/C28H35N3O4/c1-5-31-27(33)30-18-21-16-22(34-3)17-23(35-4)25(21)19(2)15-24(30)28(31)11-13-29(14-12-28)26(32)20-9-7-6-8-10-20/h6-7,9,15-17,19H,5,8,10-14,18H2,1-4H3/t19-/m0/s1. The number of hydrogen-bond donors (Lipinski definition) is 0. The number of likely N-dealkylation sites (N-methyl/N-ethyl adjacent to an activating group) is 1. The summed E-state index contributed by atoms with van der Waals surface area (Å²) in [5.74, 6) is 1.73. The van der Waals surface area contributed by atoms with Crippen molar-refractivity contribution in [3.05, 3.63) is 58.8 Å². The van der Waals surface area contributed by atoms with Crippen LogP contribution in [0, 0.1) is 0 Å². The van der Waals surface area contributed by atoms with Crippen molar-refractivity contribution in [2.75, 3.05) is 33.9 Å². The Morgan fingerprint density at radius 1 is 1.17 bits per heavy atom. The molecule has 1 atom stereocenters. The minimum Gasteiger partial charge on any atom is -0.497 e. The van der Waals surface area contributed by atoms with Crippen LogP contribution in [0.15, 0.2) is 47.7 Å². The molecule has 5 rings (SSSR count). The van der Waals surface area contributed by atoms with Crippen LogP contribution in [0.5, 0.6) is 11.5 Å². The van der Waals surface area contributed by atoms with E-state index in [1.54, 1.807) is 14.2 Å². The molecule has 1 spiro atoms. The molecule has 35 heavy (non-hydrogen) atoms. The molecule has 2 fully saturated rings. The van der Waals surface area contributed by atoms with Gasteiger partial charge >= 0.3 is 6.03 Å². The number of rotatable bonds is 4. The van der Waals surface area contributed by atoms with Crippen molar-refractivity contribution in [1.29, 1.82) is 0 Å². The maximum Gasteiger partial charge on any atom is 0.325 e. The topological polar surface area (TPSA) is 62.3 Å². The summed E-state index contributed by atoms with van der Waals surface area (Å²) in [5.41, 5.74) is 3.72. The minimum atomic E-state index is -0.392. The summed E-state index contributed by atoms with van der Waals surface area (Å²) in [6.45, 7) is 6.63. The van der Waals surface area contributed by atoms with Crippen LogP contribution >= 0.6 is 0 Å². The van der Waals surface area contributed by atoms with Crippen LogP contribution in [0.25, 0.3) is 0 Å². The Kier molecular flexibility index (Phi) is 6.11. The highest BCUT2D eigenvalue weighted by atomic mass is 16.5. The Morgan fingerprint density at radius 2 is 1.94 bits per heavy atom. The Labute approximate surface area is 207 Å². The molecular formula is C28H35N3O4.